The van der Waals surface area contributed by atoms with Crippen molar-refractivity contribution in [3.8, 4) is 0 Å². The molecule has 3 rings (SSSR count). The lowest BCUT2D eigenvalue weighted by Crippen LogP contribution is -2.49. The monoisotopic (exact) mass is 328 g/mol. The van der Waals surface area contributed by atoms with Crippen LogP contribution in [0.25, 0.3) is 0 Å². The van der Waals surface area contributed by atoms with E-state index in [0.29, 0.717) is 18.2 Å². The Labute approximate surface area is 142 Å². The maximum Gasteiger partial charge on any atom is 0.222 e. The van der Waals surface area contributed by atoms with E-state index in [-0.39, 0.29) is 5.91 Å². The summed E-state index contributed by atoms with van der Waals surface area (Å²) in [6, 6.07) is 10.2. The van der Waals surface area contributed by atoms with Crippen molar-refractivity contribution < 1.29 is 9.21 Å². The van der Waals surface area contributed by atoms with Crippen LogP contribution < -0.4 is 0 Å². The highest BCUT2D eigenvalue weighted by atomic mass is 16.4. The summed E-state index contributed by atoms with van der Waals surface area (Å²) in [5.41, 5.74) is 1.22. The molecule has 1 aromatic carbocycles. The summed E-state index contributed by atoms with van der Waals surface area (Å²) in [7, 11) is 0. The Morgan fingerprint density at radius 3 is 2.50 bits per heavy atom. The van der Waals surface area contributed by atoms with Gasteiger partial charge in [-0.15, -0.1) is 10.2 Å². The number of carbonyl (C=O) groups is 1. The third-order valence-electron chi connectivity index (χ3n) is 4.41. The minimum absolute atomic E-state index is 0.256. The molecule has 6 heteroatoms. The van der Waals surface area contributed by atoms with Gasteiger partial charge in [0, 0.05) is 52.5 Å². The van der Waals surface area contributed by atoms with E-state index in [1.165, 1.54) is 5.56 Å². The Morgan fingerprint density at radius 2 is 1.83 bits per heavy atom. The Kier molecular flexibility index (Phi) is 5.59. The lowest BCUT2D eigenvalue weighted by molar-refractivity contribution is -0.132. The normalized spacial score (nSPS) is 15.6. The standard InChI is InChI=1S/C18H24N4O2/c1-15-19-20-17(24-15)9-10-21-11-13-22(14-12-21)18(23)8-7-16-5-3-2-4-6-16/h2-6H,7-14H2,1H3. The topological polar surface area (TPSA) is 62.5 Å². The van der Waals surface area contributed by atoms with E-state index in [0.717, 1.165) is 45.6 Å². The van der Waals surface area contributed by atoms with Crippen LogP contribution in [0.3, 0.4) is 0 Å². The number of aryl methyl sites for hydroxylation is 2. The van der Waals surface area contributed by atoms with Gasteiger partial charge in [-0.2, -0.15) is 0 Å². The summed E-state index contributed by atoms with van der Waals surface area (Å²) < 4.78 is 5.39. The van der Waals surface area contributed by atoms with Crippen LogP contribution in [0.15, 0.2) is 34.7 Å². The molecule has 0 saturated carbocycles. The van der Waals surface area contributed by atoms with Crippen LogP contribution in [0.4, 0.5) is 0 Å². The summed E-state index contributed by atoms with van der Waals surface area (Å²) in [5.74, 6) is 1.55. The molecule has 1 aliphatic heterocycles. The quantitative estimate of drug-likeness (QED) is 0.807. The fraction of sp³-hybridized carbons (Fsp3) is 0.500. The van der Waals surface area contributed by atoms with Gasteiger partial charge in [0.1, 0.15) is 0 Å². The van der Waals surface area contributed by atoms with Crippen LogP contribution in [0.5, 0.6) is 0 Å². The SMILES string of the molecule is Cc1nnc(CCN2CCN(C(=O)CCc3ccccc3)CC2)o1. The molecule has 128 valence electrons. The molecule has 6 nitrogen and oxygen atoms in total. The summed E-state index contributed by atoms with van der Waals surface area (Å²) in [6.45, 7) is 6.12. The molecule has 0 bridgehead atoms. The van der Waals surface area contributed by atoms with Crippen LogP contribution in [0.2, 0.25) is 0 Å². The van der Waals surface area contributed by atoms with Crippen LogP contribution in [-0.2, 0) is 17.6 Å². The molecule has 2 heterocycles. The van der Waals surface area contributed by atoms with Crippen LogP contribution in [0, 0.1) is 6.92 Å². The van der Waals surface area contributed by atoms with Crippen molar-refractivity contribution in [2.24, 2.45) is 0 Å². The molecule has 0 unspecified atom stereocenters. The molecular weight excluding hydrogens is 304 g/mol. The molecular formula is C18H24N4O2. The molecule has 0 N–H and O–H groups in total. The Balaban J connectivity index is 1.37. The van der Waals surface area contributed by atoms with Crippen molar-refractivity contribution in [1.29, 1.82) is 0 Å². The second-order valence-corrected chi connectivity index (χ2v) is 6.17. The van der Waals surface area contributed by atoms with Crippen LogP contribution in [-0.4, -0.2) is 58.6 Å². The average Bonchev–Trinajstić information content (AvgIpc) is 3.04. The molecule has 1 aliphatic rings. The van der Waals surface area contributed by atoms with Gasteiger partial charge < -0.3 is 9.32 Å². The first kappa shape index (κ1) is 16.6. The van der Waals surface area contributed by atoms with Crippen molar-refractivity contribution in [2.45, 2.75) is 26.2 Å². The lowest BCUT2D eigenvalue weighted by atomic mass is 10.1. The number of rotatable bonds is 6. The Morgan fingerprint density at radius 1 is 1.08 bits per heavy atom. The second kappa shape index (κ2) is 8.06. The van der Waals surface area contributed by atoms with E-state index in [4.69, 9.17) is 4.42 Å². The van der Waals surface area contributed by atoms with Crippen molar-refractivity contribution in [2.75, 3.05) is 32.7 Å². The minimum atomic E-state index is 0.256. The largest absolute Gasteiger partial charge is 0.426 e. The van der Waals surface area contributed by atoms with Gasteiger partial charge in [0.05, 0.1) is 0 Å². The number of piperazine rings is 1. The number of carbonyl (C=O) groups excluding carboxylic acids is 1. The summed E-state index contributed by atoms with van der Waals surface area (Å²) >= 11 is 0. The summed E-state index contributed by atoms with van der Waals surface area (Å²) in [5, 5.41) is 7.86. The molecule has 1 amide bonds. The summed E-state index contributed by atoms with van der Waals surface area (Å²) in [6.07, 6.45) is 2.17. The van der Waals surface area contributed by atoms with Crippen LogP contribution in [0.1, 0.15) is 23.8 Å². The van der Waals surface area contributed by atoms with Crippen molar-refractivity contribution in [3.63, 3.8) is 0 Å². The van der Waals surface area contributed by atoms with E-state index < -0.39 is 0 Å². The maximum absolute atomic E-state index is 12.3. The van der Waals surface area contributed by atoms with Gasteiger partial charge in [-0.3, -0.25) is 9.69 Å². The molecule has 1 fully saturated rings. The van der Waals surface area contributed by atoms with E-state index in [1.54, 1.807) is 6.92 Å². The minimum Gasteiger partial charge on any atom is -0.426 e. The first-order valence-corrected chi connectivity index (χ1v) is 8.54. The smallest absolute Gasteiger partial charge is 0.222 e. The molecule has 0 radical (unpaired) electrons. The zero-order valence-corrected chi connectivity index (χ0v) is 14.1. The first-order chi connectivity index (χ1) is 11.7. The van der Waals surface area contributed by atoms with E-state index in [2.05, 4.69) is 27.2 Å². The third-order valence-corrected chi connectivity index (χ3v) is 4.41. The zero-order chi connectivity index (χ0) is 16.8. The highest BCUT2D eigenvalue weighted by Gasteiger charge is 2.21. The van der Waals surface area contributed by atoms with Crippen molar-refractivity contribution in [3.05, 3.63) is 47.7 Å². The number of hydrogen-bond acceptors (Lipinski definition) is 5. The maximum atomic E-state index is 12.3. The lowest BCUT2D eigenvalue weighted by Gasteiger charge is -2.34. The Bertz CT molecular complexity index is 648. The number of hydrogen-bond donors (Lipinski definition) is 0. The van der Waals surface area contributed by atoms with Gasteiger partial charge in [0.15, 0.2) is 0 Å². The van der Waals surface area contributed by atoms with Crippen LogP contribution >= 0.6 is 0 Å². The average molecular weight is 328 g/mol. The highest BCUT2D eigenvalue weighted by Crippen LogP contribution is 2.09. The predicted octanol–water partition coefficient (Wildman–Crippen LogP) is 1.70. The number of benzene rings is 1. The van der Waals surface area contributed by atoms with E-state index in [9.17, 15) is 4.79 Å². The molecule has 1 saturated heterocycles. The van der Waals surface area contributed by atoms with E-state index in [1.807, 2.05) is 23.1 Å². The highest BCUT2D eigenvalue weighted by molar-refractivity contribution is 5.76. The molecule has 1 aromatic heterocycles. The number of aromatic nitrogens is 2. The van der Waals surface area contributed by atoms with E-state index >= 15 is 0 Å². The predicted molar refractivity (Wildman–Crippen MR) is 90.5 cm³/mol. The molecule has 0 aliphatic carbocycles. The van der Waals surface area contributed by atoms with Gasteiger partial charge in [-0.1, -0.05) is 30.3 Å². The fourth-order valence-corrected chi connectivity index (χ4v) is 2.97. The van der Waals surface area contributed by atoms with Gasteiger partial charge in [0.25, 0.3) is 0 Å². The first-order valence-electron chi connectivity index (χ1n) is 8.54. The van der Waals surface area contributed by atoms with Gasteiger partial charge in [0.2, 0.25) is 17.7 Å². The number of nitrogens with zero attached hydrogens (tertiary/aromatic N) is 4. The van der Waals surface area contributed by atoms with Crippen molar-refractivity contribution in [1.82, 2.24) is 20.0 Å². The third kappa shape index (κ3) is 4.64. The number of amides is 1. The van der Waals surface area contributed by atoms with Gasteiger partial charge in [-0.25, -0.2) is 0 Å². The molecule has 0 spiro atoms. The van der Waals surface area contributed by atoms with Crippen molar-refractivity contribution >= 4 is 5.91 Å². The molecule has 24 heavy (non-hydrogen) atoms. The Hall–Kier alpha value is -2.21. The molecule has 2 aromatic rings. The molecule has 0 atom stereocenters. The fourth-order valence-electron chi connectivity index (χ4n) is 2.97. The second-order valence-electron chi connectivity index (χ2n) is 6.17. The zero-order valence-electron chi connectivity index (χ0n) is 14.1. The summed E-state index contributed by atoms with van der Waals surface area (Å²) in [4.78, 5) is 16.7. The van der Waals surface area contributed by atoms with Gasteiger partial charge in [-0.05, 0) is 12.0 Å². The van der Waals surface area contributed by atoms with Gasteiger partial charge >= 0.3 is 0 Å².